The highest BCUT2D eigenvalue weighted by molar-refractivity contribution is 5.87. The van der Waals surface area contributed by atoms with E-state index in [1.807, 2.05) is 0 Å². The van der Waals surface area contributed by atoms with Crippen molar-refractivity contribution in [1.29, 1.82) is 0 Å². The summed E-state index contributed by atoms with van der Waals surface area (Å²) in [5, 5.41) is 0. The topological polar surface area (TPSA) is 158 Å². The fourth-order valence-electron chi connectivity index (χ4n) is 7.91. The third kappa shape index (κ3) is 95.1. The molecule has 510 valence electrons. The van der Waals surface area contributed by atoms with E-state index in [9.17, 15) is 28.8 Å². The smallest absolute Gasteiger partial charge is 0.333 e. The van der Waals surface area contributed by atoms with Crippen LogP contribution in [0, 0.1) is 0 Å². The molecule has 0 aliphatic rings. The van der Waals surface area contributed by atoms with Crippen LogP contribution in [0.25, 0.3) is 0 Å². The Morgan fingerprint density at radius 1 is 0.230 bits per heavy atom. The number of hydrogen-bond acceptors (Lipinski definition) is 12. The molecule has 0 saturated carbocycles. The predicted octanol–water partition coefficient (Wildman–Crippen LogP) is 22.0. The first-order valence-corrected chi connectivity index (χ1v) is 34.8. The van der Waals surface area contributed by atoms with Crippen molar-refractivity contribution in [3.63, 3.8) is 0 Å². The van der Waals surface area contributed by atoms with E-state index >= 15 is 0 Å². The molecule has 0 spiro atoms. The molecule has 0 radical (unpaired) electrons. The van der Waals surface area contributed by atoms with Gasteiger partial charge < -0.3 is 28.4 Å². The highest BCUT2D eigenvalue weighted by Gasteiger charge is 2.05. The molecule has 0 aliphatic heterocycles. The first kappa shape index (κ1) is 93.4. The molecule has 12 heteroatoms. The maximum absolute atomic E-state index is 11.0. The second-order valence-electron chi connectivity index (χ2n) is 22.6. The minimum absolute atomic E-state index is 0.261. The van der Waals surface area contributed by atoms with Crippen LogP contribution in [-0.2, 0) is 57.2 Å². The lowest BCUT2D eigenvalue weighted by Gasteiger charge is -2.04. The Morgan fingerprint density at radius 2 is 0.356 bits per heavy atom. The zero-order valence-corrected chi connectivity index (χ0v) is 58.3. The highest BCUT2D eigenvalue weighted by atomic mass is 16.5. The van der Waals surface area contributed by atoms with Gasteiger partial charge in [0, 0.05) is 34.9 Å². The summed E-state index contributed by atoms with van der Waals surface area (Å²) in [5.41, 5.74) is 1.45. The molecule has 0 unspecified atom stereocenters. The Kier molecular flexibility index (Phi) is 89.5. The SMILES string of the molecule is C=C(C)C(=O)OCCCCCCCC.C=C(C)C(=O)OCCCCCCCCC.C=C(C)C(=O)OCCCCCCCCCC.C=CC(=O)OCCCCCCCC.C=CC(=O)OCCCCCCCCC.C=CC(=O)OCCCCCCCCCC. The monoisotopic (exact) mass is 1230 g/mol. The van der Waals surface area contributed by atoms with E-state index in [4.69, 9.17) is 28.4 Å². The van der Waals surface area contributed by atoms with E-state index in [1.54, 1.807) is 20.8 Å². The van der Waals surface area contributed by atoms with Gasteiger partial charge in [0.05, 0.1) is 39.6 Å². The lowest BCUT2D eigenvalue weighted by atomic mass is 10.1. The standard InChI is InChI=1S/C14H26O2.2C13H24O2.2C12H22O2.C11H20O2/c1-4-5-6-7-8-9-10-11-12-16-14(15)13(2)3;1-4-5-6-7-8-9-10-11-15-13(14)12(2)3;1-3-5-6-7-8-9-10-11-12-15-13(14)4-2;1-4-5-6-7-8-9-10-14-12(13)11(2)3;1-3-5-6-7-8-9-10-11-14-12(13)4-2;1-3-5-6-7-8-9-10-13-11(12)4-2/h2,4-12H2,1,3H3;2,4-11H2,1,3H3;4H,2-3,5-12H2,1H3;2,4-10H2,1,3H3;4H,2-3,5-11H2,1H3;4H,2-3,5-10H2,1H3. The van der Waals surface area contributed by atoms with Crippen molar-refractivity contribution < 1.29 is 57.2 Å². The fourth-order valence-corrected chi connectivity index (χ4v) is 7.91. The van der Waals surface area contributed by atoms with Crippen LogP contribution < -0.4 is 0 Å². The molecule has 0 saturated heterocycles. The average molecular weight is 1230 g/mol. The second kappa shape index (κ2) is 83.3. The van der Waals surface area contributed by atoms with Crippen LogP contribution in [0.3, 0.4) is 0 Å². The van der Waals surface area contributed by atoms with E-state index in [0.29, 0.717) is 56.4 Å². The third-order valence-corrected chi connectivity index (χ3v) is 13.5. The van der Waals surface area contributed by atoms with Crippen molar-refractivity contribution in [2.24, 2.45) is 0 Å². The Balaban J connectivity index is -0.000000226. The van der Waals surface area contributed by atoms with E-state index in [2.05, 4.69) is 81.0 Å². The Labute approximate surface area is 536 Å². The van der Waals surface area contributed by atoms with Gasteiger partial charge in [-0.15, -0.1) is 0 Å². The normalized spacial score (nSPS) is 9.90. The minimum Gasteiger partial charge on any atom is -0.463 e. The summed E-state index contributed by atoms with van der Waals surface area (Å²) in [4.78, 5) is 64.9. The first-order valence-electron chi connectivity index (χ1n) is 34.8. The molecule has 0 aliphatic carbocycles. The van der Waals surface area contributed by atoms with Crippen molar-refractivity contribution in [3.8, 4) is 0 Å². The minimum atomic E-state index is -0.312. The Bertz CT molecular complexity index is 1610. The summed E-state index contributed by atoms with van der Waals surface area (Å²) >= 11 is 0. The Morgan fingerprint density at radius 3 is 0.483 bits per heavy atom. The quantitative estimate of drug-likeness (QED) is 0.0246. The maximum atomic E-state index is 11.0. The van der Waals surface area contributed by atoms with Crippen LogP contribution in [0.2, 0.25) is 0 Å². The maximum Gasteiger partial charge on any atom is 0.333 e. The molecule has 0 amide bonds. The van der Waals surface area contributed by atoms with Crippen molar-refractivity contribution in [3.05, 3.63) is 74.4 Å². The molecule has 0 N–H and O–H groups in total. The van der Waals surface area contributed by atoms with Crippen LogP contribution in [0.5, 0.6) is 0 Å². The van der Waals surface area contributed by atoms with Gasteiger partial charge in [-0.05, 0) is 59.3 Å². The molecule has 0 heterocycles. The second-order valence-corrected chi connectivity index (χ2v) is 22.6. The van der Waals surface area contributed by atoms with Gasteiger partial charge in [0.2, 0.25) is 0 Å². The molecule has 87 heavy (non-hydrogen) atoms. The van der Waals surface area contributed by atoms with Crippen LogP contribution in [0.4, 0.5) is 0 Å². The largest absolute Gasteiger partial charge is 0.463 e. The Hall–Kier alpha value is -4.74. The van der Waals surface area contributed by atoms with Crippen LogP contribution in [0.15, 0.2) is 74.4 Å². The third-order valence-electron chi connectivity index (χ3n) is 13.5. The number of carbonyl (C=O) groups excluding carboxylic acids is 6. The molecule has 0 atom stereocenters. The molecular weight excluding hydrogens is 1090 g/mol. The summed E-state index contributed by atoms with van der Waals surface area (Å²) in [6, 6.07) is 0. The molecule has 0 rings (SSSR count). The van der Waals surface area contributed by atoms with Crippen molar-refractivity contribution >= 4 is 35.8 Å². The van der Waals surface area contributed by atoms with E-state index in [1.165, 1.54) is 211 Å². The average Bonchev–Trinajstić information content (AvgIpc) is 3.51. The van der Waals surface area contributed by atoms with Crippen molar-refractivity contribution in [1.82, 2.24) is 0 Å². The van der Waals surface area contributed by atoms with E-state index in [0.717, 1.165) is 77.0 Å². The lowest BCUT2D eigenvalue weighted by molar-refractivity contribution is -0.139. The van der Waals surface area contributed by atoms with Gasteiger partial charge in [-0.25, -0.2) is 28.8 Å². The summed E-state index contributed by atoms with van der Waals surface area (Å²) in [6.07, 6.45) is 55.6. The van der Waals surface area contributed by atoms with Crippen LogP contribution in [-0.4, -0.2) is 75.5 Å². The number of unbranched alkanes of at least 4 members (excludes halogenated alkanes) is 36. The van der Waals surface area contributed by atoms with E-state index < -0.39 is 0 Å². The summed E-state index contributed by atoms with van der Waals surface area (Å²) in [5.74, 6) is -1.72. The number of hydrogen-bond donors (Lipinski definition) is 0. The van der Waals surface area contributed by atoms with Gasteiger partial charge in [-0.1, -0.05) is 312 Å². The number of ether oxygens (including phenoxy) is 6. The number of rotatable bonds is 54. The molecule has 0 aromatic rings. The molecule has 0 aromatic carbocycles. The van der Waals surface area contributed by atoms with Gasteiger partial charge in [-0.2, -0.15) is 0 Å². The molecule has 12 nitrogen and oxygen atoms in total. The van der Waals surface area contributed by atoms with Crippen molar-refractivity contribution in [2.75, 3.05) is 39.6 Å². The summed E-state index contributed by atoms with van der Waals surface area (Å²) in [6.45, 7) is 42.2. The molecular formula is C75H138O12. The van der Waals surface area contributed by atoms with Gasteiger partial charge in [0.1, 0.15) is 0 Å². The van der Waals surface area contributed by atoms with Crippen LogP contribution in [0.1, 0.15) is 332 Å². The molecule has 0 aromatic heterocycles. The van der Waals surface area contributed by atoms with Crippen molar-refractivity contribution in [2.45, 2.75) is 332 Å². The first-order chi connectivity index (χ1) is 42.0. The fraction of sp³-hybridized carbons (Fsp3) is 0.760. The van der Waals surface area contributed by atoms with Gasteiger partial charge in [0.25, 0.3) is 0 Å². The van der Waals surface area contributed by atoms with Crippen LogP contribution >= 0.6 is 0 Å². The molecule has 0 bridgehead atoms. The molecule has 0 fully saturated rings. The summed E-state index contributed by atoms with van der Waals surface area (Å²) < 4.78 is 29.6. The highest BCUT2D eigenvalue weighted by Crippen LogP contribution is 2.12. The van der Waals surface area contributed by atoms with E-state index in [-0.39, 0.29) is 35.8 Å². The lowest BCUT2D eigenvalue weighted by Crippen LogP contribution is -2.05. The summed E-state index contributed by atoms with van der Waals surface area (Å²) in [7, 11) is 0. The van der Waals surface area contributed by atoms with Gasteiger partial charge in [-0.3, -0.25) is 0 Å². The number of esters is 6. The zero-order chi connectivity index (χ0) is 66.5. The van der Waals surface area contributed by atoms with Gasteiger partial charge in [0.15, 0.2) is 0 Å². The van der Waals surface area contributed by atoms with Gasteiger partial charge >= 0.3 is 35.8 Å². The predicted molar refractivity (Wildman–Crippen MR) is 369 cm³/mol. The number of carbonyl (C=O) groups is 6. The zero-order valence-electron chi connectivity index (χ0n) is 58.3.